The Morgan fingerprint density at radius 3 is 2.71 bits per heavy atom. The Morgan fingerprint density at radius 1 is 1.19 bits per heavy atom. The summed E-state index contributed by atoms with van der Waals surface area (Å²) in [5.41, 5.74) is -0.195. The highest BCUT2D eigenvalue weighted by atomic mass is 32.2. The van der Waals surface area contributed by atoms with E-state index in [0.717, 1.165) is 56.1 Å². The zero-order valence-electron chi connectivity index (χ0n) is 12.9. The van der Waals surface area contributed by atoms with Crippen molar-refractivity contribution in [3.63, 3.8) is 0 Å². The molecule has 1 aromatic rings. The Kier molecular flexibility index (Phi) is 5.81. The van der Waals surface area contributed by atoms with E-state index in [1.165, 1.54) is 4.90 Å². The molecule has 1 aromatic carbocycles. The van der Waals surface area contributed by atoms with E-state index in [-0.39, 0.29) is 5.41 Å². The number of unbranched alkanes of at least 4 members (excludes halogenated alkanes) is 1. The van der Waals surface area contributed by atoms with Gasteiger partial charge in [0, 0.05) is 11.3 Å². The van der Waals surface area contributed by atoms with Crippen LogP contribution in [0, 0.1) is 16.7 Å². The molecule has 0 unspecified atom stereocenters. The third-order valence-corrected chi connectivity index (χ3v) is 4.57. The molecule has 114 valence electrons. The number of nitriles is 1. The summed E-state index contributed by atoms with van der Waals surface area (Å²) in [5.74, 6) is 2.79. The molecule has 0 fully saturated rings. The van der Waals surface area contributed by atoms with Crippen LogP contribution in [0.1, 0.15) is 39.5 Å². The van der Waals surface area contributed by atoms with Crippen molar-refractivity contribution in [2.45, 2.75) is 44.4 Å². The molecule has 0 radical (unpaired) electrons. The lowest BCUT2D eigenvalue weighted by Crippen LogP contribution is -2.07. The number of ether oxygens (including phenoxy) is 2. The first-order chi connectivity index (χ1) is 10.1. The summed E-state index contributed by atoms with van der Waals surface area (Å²) in [5, 5.41) is 8.98. The monoisotopic (exact) mass is 305 g/mol. The van der Waals surface area contributed by atoms with Gasteiger partial charge in [0.05, 0.1) is 24.7 Å². The molecular formula is C17H23NO2S. The molecule has 0 aliphatic carbocycles. The van der Waals surface area contributed by atoms with Crippen molar-refractivity contribution in [2.24, 2.45) is 5.41 Å². The Balaban J connectivity index is 1.77. The normalized spacial score (nSPS) is 14.3. The average molecular weight is 305 g/mol. The van der Waals surface area contributed by atoms with Gasteiger partial charge in [-0.2, -0.15) is 5.26 Å². The number of fused-ring (bicyclic) bond motifs is 1. The van der Waals surface area contributed by atoms with Gasteiger partial charge >= 0.3 is 0 Å². The summed E-state index contributed by atoms with van der Waals surface area (Å²) >= 11 is 1.84. The summed E-state index contributed by atoms with van der Waals surface area (Å²) in [6, 6.07) is 8.52. The smallest absolute Gasteiger partial charge is 0.162 e. The molecule has 0 N–H and O–H groups in total. The Labute approximate surface area is 131 Å². The van der Waals surface area contributed by atoms with E-state index in [0.29, 0.717) is 0 Å². The van der Waals surface area contributed by atoms with Gasteiger partial charge in [-0.25, -0.2) is 0 Å². The van der Waals surface area contributed by atoms with Crippen molar-refractivity contribution < 1.29 is 9.47 Å². The number of benzene rings is 1. The highest BCUT2D eigenvalue weighted by Gasteiger charge is 2.15. The molecule has 1 aliphatic rings. The van der Waals surface area contributed by atoms with Crippen LogP contribution in [-0.2, 0) is 0 Å². The van der Waals surface area contributed by atoms with Gasteiger partial charge in [0.25, 0.3) is 0 Å². The Bertz CT molecular complexity index is 508. The van der Waals surface area contributed by atoms with Crippen LogP contribution in [0.3, 0.4) is 0 Å². The average Bonchev–Trinajstić information content (AvgIpc) is 2.71. The largest absolute Gasteiger partial charge is 0.490 e. The van der Waals surface area contributed by atoms with E-state index >= 15 is 0 Å². The molecule has 0 amide bonds. The van der Waals surface area contributed by atoms with Crippen molar-refractivity contribution in [3.8, 4) is 17.6 Å². The van der Waals surface area contributed by atoms with Crippen LogP contribution in [0.25, 0.3) is 0 Å². The van der Waals surface area contributed by atoms with Gasteiger partial charge in [-0.05, 0) is 50.6 Å². The fourth-order valence-electron chi connectivity index (χ4n) is 2.15. The van der Waals surface area contributed by atoms with Crippen molar-refractivity contribution in [2.75, 3.05) is 19.0 Å². The molecule has 2 rings (SSSR count). The second-order valence-electron chi connectivity index (χ2n) is 5.96. The van der Waals surface area contributed by atoms with Crippen LogP contribution in [-0.4, -0.2) is 19.0 Å². The zero-order valence-corrected chi connectivity index (χ0v) is 13.7. The summed E-state index contributed by atoms with van der Waals surface area (Å²) in [6.07, 6.45) is 4.12. The third kappa shape index (κ3) is 5.17. The molecule has 0 saturated carbocycles. The molecule has 21 heavy (non-hydrogen) atoms. The number of hydrogen-bond acceptors (Lipinski definition) is 4. The van der Waals surface area contributed by atoms with Gasteiger partial charge in [-0.15, -0.1) is 11.8 Å². The van der Waals surface area contributed by atoms with Crippen LogP contribution < -0.4 is 9.47 Å². The van der Waals surface area contributed by atoms with Crippen LogP contribution in [0.5, 0.6) is 11.5 Å². The lowest BCUT2D eigenvalue weighted by Gasteiger charge is -2.14. The number of thioether (sulfide) groups is 1. The molecule has 3 nitrogen and oxygen atoms in total. The molecule has 0 bridgehead atoms. The van der Waals surface area contributed by atoms with Crippen molar-refractivity contribution in [1.29, 1.82) is 5.26 Å². The number of rotatable bonds is 6. The van der Waals surface area contributed by atoms with Gasteiger partial charge in [0.15, 0.2) is 11.5 Å². The third-order valence-electron chi connectivity index (χ3n) is 3.49. The van der Waals surface area contributed by atoms with Crippen LogP contribution in [0.2, 0.25) is 0 Å². The van der Waals surface area contributed by atoms with E-state index in [1.807, 2.05) is 31.7 Å². The van der Waals surface area contributed by atoms with Gasteiger partial charge < -0.3 is 9.47 Å². The standard InChI is InChI=1S/C17H23NO2S/c1-17(2,13-18)8-3-4-11-21-14-6-7-15-16(12-14)20-10-5-9-19-15/h6-7,12H,3-5,8-11H2,1-2H3. The maximum atomic E-state index is 8.98. The summed E-state index contributed by atoms with van der Waals surface area (Å²) in [4.78, 5) is 1.22. The lowest BCUT2D eigenvalue weighted by molar-refractivity contribution is 0.297. The first kappa shape index (κ1) is 16.0. The van der Waals surface area contributed by atoms with Crippen LogP contribution in [0.15, 0.2) is 23.1 Å². The van der Waals surface area contributed by atoms with E-state index in [4.69, 9.17) is 14.7 Å². The predicted octanol–water partition coefficient (Wildman–Crippen LogP) is 4.66. The highest BCUT2D eigenvalue weighted by molar-refractivity contribution is 7.99. The molecule has 1 aliphatic heterocycles. The lowest BCUT2D eigenvalue weighted by atomic mass is 9.89. The second-order valence-corrected chi connectivity index (χ2v) is 7.13. The number of hydrogen-bond donors (Lipinski definition) is 0. The van der Waals surface area contributed by atoms with Crippen molar-refractivity contribution >= 4 is 11.8 Å². The van der Waals surface area contributed by atoms with Gasteiger partial charge in [-0.1, -0.05) is 6.42 Å². The minimum Gasteiger partial charge on any atom is -0.490 e. The maximum absolute atomic E-state index is 8.98. The molecule has 0 spiro atoms. The molecule has 0 saturated heterocycles. The maximum Gasteiger partial charge on any atom is 0.162 e. The molecule has 4 heteroatoms. The summed E-state index contributed by atoms with van der Waals surface area (Å²) < 4.78 is 11.3. The van der Waals surface area contributed by atoms with Crippen molar-refractivity contribution in [3.05, 3.63) is 18.2 Å². The van der Waals surface area contributed by atoms with Gasteiger partial charge in [0.2, 0.25) is 0 Å². The summed E-state index contributed by atoms with van der Waals surface area (Å²) in [7, 11) is 0. The van der Waals surface area contributed by atoms with Gasteiger partial charge in [0.1, 0.15) is 0 Å². The summed E-state index contributed by atoms with van der Waals surface area (Å²) in [6.45, 7) is 5.46. The number of nitrogens with zero attached hydrogens (tertiary/aromatic N) is 1. The minimum absolute atomic E-state index is 0.195. The van der Waals surface area contributed by atoms with Crippen molar-refractivity contribution in [1.82, 2.24) is 0 Å². The van der Waals surface area contributed by atoms with E-state index in [9.17, 15) is 0 Å². The molecular weight excluding hydrogens is 282 g/mol. The second kappa shape index (κ2) is 7.61. The predicted molar refractivity (Wildman–Crippen MR) is 86.0 cm³/mol. The zero-order chi connectivity index (χ0) is 15.1. The van der Waals surface area contributed by atoms with Crippen LogP contribution >= 0.6 is 11.8 Å². The SMILES string of the molecule is CC(C)(C#N)CCCCSc1ccc2c(c1)OCCCO2. The minimum atomic E-state index is -0.195. The quantitative estimate of drug-likeness (QED) is 0.566. The molecule has 1 heterocycles. The topological polar surface area (TPSA) is 42.2 Å². The molecule has 0 aromatic heterocycles. The fraction of sp³-hybridized carbons (Fsp3) is 0.588. The fourth-order valence-corrected chi connectivity index (χ4v) is 3.09. The Morgan fingerprint density at radius 2 is 1.95 bits per heavy atom. The highest BCUT2D eigenvalue weighted by Crippen LogP contribution is 2.34. The van der Waals surface area contributed by atoms with E-state index in [1.54, 1.807) is 0 Å². The van der Waals surface area contributed by atoms with E-state index < -0.39 is 0 Å². The first-order valence-corrected chi connectivity index (χ1v) is 8.53. The Hall–Kier alpha value is -1.34. The van der Waals surface area contributed by atoms with Crippen LogP contribution in [0.4, 0.5) is 0 Å². The van der Waals surface area contributed by atoms with Gasteiger partial charge in [-0.3, -0.25) is 0 Å². The first-order valence-electron chi connectivity index (χ1n) is 7.54. The van der Waals surface area contributed by atoms with E-state index in [2.05, 4.69) is 18.2 Å². The molecule has 0 atom stereocenters.